The Kier molecular flexibility index (Phi) is 6.77. The van der Waals surface area contributed by atoms with Crippen LogP contribution >= 0.6 is 0 Å². The Morgan fingerprint density at radius 2 is 1.95 bits per heavy atom. The van der Waals surface area contributed by atoms with Crippen LogP contribution in [0.5, 0.6) is 0 Å². The normalized spacial score (nSPS) is 11.3. The number of hydrogen-bond donors (Lipinski definition) is 1. The van der Waals surface area contributed by atoms with E-state index in [-0.39, 0.29) is 0 Å². The number of ether oxygens (including phenoxy) is 1. The molecule has 2 rings (SSSR count). The molecule has 3 nitrogen and oxygen atoms in total. The number of nitrogens with one attached hydrogen (secondary N) is 1. The van der Waals surface area contributed by atoms with Gasteiger partial charge in [0.25, 0.3) is 0 Å². The van der Waals surface area contributed by atoms with E-state index in [0.717, 1.165) is 43.9 Å². The van der Waals surface area contributed by atoms with Crippen molar-refractivity contribution in [3.05, 3.63) is 35.6 Å². The second-order valence-corrected chi connectivity index (χ2v) is 5.44. The molecule has 0 unspecified atom stereocenters. The van der Waals surface area contributed by atoms with E-state index < -0.39 is 0 Å². The van der Waals surface area contributed by atoms with Gasteiger partial charge in [-0.25, -0.2) is 0 Å². The first-order chi connectivity index (χ1) is 10.4. The Morgan fingerprint density at radius 3 is 2.76 bits per heavy atom. The van der Waals surface area contributed by atoms with E-state index in [9.17, 15) is 0 Å². The molecule has 116 valence electrons. The average Bonchev–Trinajstić information content (AvgIpc) is 2.85. The minimum Gasteiger partial charge on any atom is -0.458 e. The van der Waals surface area contributed by atoms with E-state index in [4.69, 9.17) is 9.15 Å². The van der Waals surface area contributed by atoms with Crippen molar-refractivity contribution in [1.82, 2.24) is 5.32 Å². The van der Waals surface area contributed by atoms with E-state index in [0.29, 0.717) is 6.61 Å². The second kappa shape index (κ2) is 8.85. The van der Waals surface area contributed by atoms with Crippen molar-refractivity contribution < 1.29 is 9.15 Å². The van der Waals surface area contributed by atoms with Gasteiger partial charge in [-0.15, -0.1) is 0 Å². The van der Waals surface area contributed by atoms with Crippen molar-refractivity contribution in [3.63, 3.8) is 0 Å². The molecule has 1 heterocycles. The van der Waals surface area contributed by atoms with Crippen molar-refractivity contribution in [2.75, 3.05) is 13.2 Å². The number of fused-ring (bicyclic) bond motifs is 1. The number of furan rings is 1. The summed E-state index contributed by atoms with van der Waals surface area (Å²) in [6.45, 7) is 7.64. The average molecular weight is 289 g/mol. The van der Waals surface area contributed by atoms with Gasteiger partial charge in [0.05, 0.1) is 0 Å². The smallest absolute Gasteiger partial charge is 0.135 e. The van der Waals surface area contributed by atoms with Gasteiger partial charge in [0.2, 0.25) is 0 Å². The number of rotatable bonds is 10. The molecule has 0 saturated heterocycles. The maximum Gasteiger partial charge on any atom is 0.135 e. The maximum atomic E-state index is 5.97. The quantitative estimate of drug-likeness (QED) is 0.647. The minimum atomic E-state index is 0.571. The fourth-order valence-corrected chi connectivity index (χ4v) is 2.47. The van der Waals surface area contributed by atoms with Gasteiger partial charge < -0.3 is 14.5 Å². The Hall–Kier alpha value is -1.32. The van der Waals surface area contributed by atoms with Gasteiger partial charge in [-0.3, -0.25) is 0 Å². The van der Waals surface area contributed by atoms with Crippen LogP contribution in [0.15, 0.2) is 28.7 Å². The lowest BCUT2D eigenvalue weighted by Crippen LogP contribution is -2.14. The summed E-state index contributed by atoms with van der Waals surface area (Å²) in [5.74, 6) is 0.969. The molecule has 0 bridgehead atoms. The van der Waals surface area contributed by atoms with Crippen LogP contribution in [0, 0.1) is 0 Å². The summed E-state index contributed by atoms with van der Waals surface area (Å²) in [5, 5.41) is 4.67. The topological polar surface area (TPSA) is 34.4 Å². The fraction of sp³-hybridized carbons (Fsp3) is 0.556. The molecular weight excluding hydrogens is 262 g/mol. The van der Waals surface area contributed by atoms with Crippen LogP contribution in [0.4, 0.5) is 0 Å². The van der Waals surface area contributed by atoms with Crippen LogP contribution in [0.1, 0.15) is 50.9 Å². The summed E-state index contributed by atoms with van der Waals surface area (Å²) in [6, 6.07) is 8.23. The predicted molar refractivity (Wildman–Crippen MR) is 87.4 cm³/mol. The van der Waals surface area contributed by atoms with Crippen molar-refractivity contribution in [2.24, 2.45) is 0 Å². The van der Waals surface area contributed by atoms with Crippen LogP contribution in [0.3, 0.4) is 0 Å². The summed E-state index contributed by atoms with van der Waals surface area (Å²) in [6.07, 6.45) is 4.71. The Morgan fingerprint density at radius 1 is 1.10 bits per heavy atom. The fourth-order valence-electron chi connectivity index (χ4n) is 2.47. The molecule has 0 saturated carbocycles. The molecule has 21 heavy (non-hydrogen) atoms. The molecule has 0 amide bonds. The van der Waals surface area contributed by atoms with Crippen LogP contribution in [-0.2, 0) is 17.9 Å². The van der Waals surface area contributed by atoms with E-state index in [1.807, 2.05) is 12.1 Å². The number of hydrogen-bond acceptors (Lipinski definition) is 3. The molecule has 1 aromatic heterocycles. The third-order valence-corrected chi connectivity index (χ3v) is 3.64. The summed E-state index contributed by atoms with van der Waals surface area (Å²) in [7, 11) is 0. The molecule has 3 heteroatoms. The van der Waals surface area contributed by atoms with E-state index >= 15 is 0 Å². The second-order valence-electron chi connectivity index (χ2n) is 5.44. The zero-order valence-electron chi connectivity index (χ0n) is 13.3. The molecule has 0 atom stereocenters. The highest BCUT2D eigenvalue weighted by Crippen LogP contribution is 2.26. The highest BCUT2D eigenvalue weighted by molar-refractivity contribution is 5.82. The molecule has 2 aromatic rings. The van der Waals surface area contributed by atoms with Crippen LogP contribution in [0.25, 0.3) is 11.0 Å². The molecule has 0 spiro atoms. The Balaban J connectivity index is 2.03. The SMILES string of the molecule is CCCCCOCc1oc2ccccc2c1CNCCC. The lowest BCUT2D eigenvalue weighted by molar-refractivity contribution is 0.103. The third kappa shape index (κ3) is 4.58. The molecule has 1 aromatic carbocycles. The van der Waals surface area contributed by atoms with Gasteiger partial charge in [-0.05, 0) is 25.5 Å². The van der Waals surface area contributed by atoms with E-state index in [2.05, 4.69) is 31.3 Å². The monoisotopic (exact) mass is 289 g/mol. The summed E-state index contributed by atoms with van der Waals surface area (Å²) < 4.78 is 11.7. The first kappa shape index (κ1) is 16.1. The molecule has 1 N–H and O–H groups in total. The zero-order chi connectivity index (χ0) is 14.9. The van der Waals surface area contributed by atoms with Crippen molar-refractivity contribution in [3.8, 4) is 0 Å². The lowest BCUT2D eigenvalue weighted by atomic mass is 10.1. The zero-order valence-corrected chi connectivity index (χ0v) is 13.3. The summed E-state index contributed by atoms with van der Waals surface area (Å²) in [4.78, 5) is 0. The Bertz CT molecular complexity index is 533. The molecule has 0 radical (unpaired) electrons. The van der Waals surface area contributed by atoms with Gasteiger partial charge in [0, 0.05) is 24.1 Å². The summed E-state index contributed by atoms with van der Waals surface area (Å²) >= 11 is 0. The van der Waals surface area contributed by atoms with Crippen LogP contribution < -0.4 is 5.32 Å². The number of benzene rings is 1. The molecule has 0 fully saturated rings. The lowest BCUT2D eigenvalue weighted by Gasteiger charge is -2.06. The van der Waals surface area contributed by atoms with Gasteiger partial charge in [0.1, 0.15) is 18.0 Å². The number of unbranched alkanes of at least 4 members (excludes halogenated alkanes) is 2. The first-order valence-corrected chi connectivity index (χ1v) is 8.14. The van der Waals surface area contributed by atoms with Gasteiger partial charge >= 0.3 is 0 Å². The number of para-hydroxylation sites is 1. The van der Waals surface area contributed by atoms with E-state index in [1.54, 1.807) is 0 Å². The highest BCUT2D eigenvalue weighted by Gasteiger charge is 2.13. The summed E-state index contributed by atoms with van der Waals surface area (Å²) in [5.41, 5.74) is 2.20. The maximum absolute atomic E-state index is 5.97. The Labute approximate surface area is 127 Å². The van der Waals surface area contributed by atoms with Crippen LogP contribution in [-0.4, -0.2) is 13.2 Å². The standard InChI is InChI=1S/C18H27NO2/c1-3-5-8-12-20-14-18-16(13-19-11-4-2)15-9-6-7-10-17(15)21-18/h6-7,9-10,19H,3-5,8,11-14H2,1-2H3. The molecule has 0 aliphatic carbocycles. The van der Waals surface area contributed by atoms with Gasteiger partial charge in [-0.2, -0.15) is 0 Å². The predicted octanol–water partition coefficient (Wildman–Crippen LogP) is 4.64. The molecule has 0 aliphatic heterocycles. The third-order valence-electron chi connectivity index (χ3n) is 3.64. The molecule has 0 aliphatic rings. The van der Waals surface area contributed by atoms with E-state index in [1.165, 1.54) is 23.8 Å². The highest BCUT2D eigenvalue weighted by atomic mass is 16.5. The van der Waals surface area contributed by atoms with Gasteiger partial charge in [0.15, 0.2) is 0 Å². The first-order valence-electron chi connectivity index (χ1n) is 8.14. The van der Waals surface area contributed by atoms with Crippen molar-refractivity contribution >= 4 is 11.0 Å². The molecular formula is C18H27NO2. The largest absolute Gasteiger partial charge is 0.458 e. The van der Waals surface area contributed by atoms with Crippen LogP contribution in [0.2, 0.25) is 0 Å². The van der Waals surface area contributed by atoms with Gasteiger partial charge in [-0.1, -0.05) is 44.9 Å². The van der Waals surface area contributed by atoms with Crippen molar-refractivity contribution in [2.45, 2.75) is 52.7 Å². The minimum absolute atomic E-state index is 0.571. The van der Waals surface area contributed by atoms with Crippen molar-refractivity contribution in [1.29, 1.82) is 0 Å².